The van der Waals surface area contributed by atoms with Gasteiger partial charge < -0.3 is 30.6 Å². The molecule has 196 valence electrons. The minimum absolute atomic E-state index is 0.0128. The van der Waals surface area contributed by atoms with Crippen molar-refractivity contribution in [2.24, 2.45) is 11.1 Å². The van der Waals surface area contributed by atoms with Crippen molar-refractivity contribution in [1.82, 2.24) is 9.97 Å². The summed E-state index contributed by atoms with van der Waals surface area (Å²) in [5.41, 5.74) is 6.00. The summed E-state index contributed by atoms with van der Waals surface area (Å²) in [6.07, 6.45) is 2.86. The van der Waals surface area contributed by atoms with Crippen LogP contribution in [-0.4, -0.2) is 55.3 Å². The number of amides is 2. The van der Waals surface area contributed by atoms with Crippen molar-refractivity contribution in [3.63, 3.8) is 0 Å². The topological polar surface area (TPSA) is 138 Å². The number of carbonyl (C=O) groups is 2. The predicted molar refractivity (Wildman–Crippen MR) is 142 cm³/mol. The summed E-state index contributed by atoms with van der Waals surface area (Å²) in [7, 11) is 1.58. The summed E-state index contributed by atoms with van der Waals surface area (Å²) in [6.45, 7) is 5.35. The Bertz CT molecular complexity index is 1220. The number of nitrogens with one attached hydrogen (secondary N) is 2. The van der Waals surface area contributed by atoms with Crippen LogP contribution < -0.4 is 25.8 Å². The average Bonchev–Trinajstić information content (AvgIpc) is 2.89. The number of ether oxygens (including phenoxy) is 3. The molecule has 1 aromatic carbocycles. The lowest BCUT2D eigenvalue weighted by atomic mass is 9.95. The number of nitrogens with zero attached hydrogens (tertiary/aromatic N) is 2. The number of pyridine rings is 2. The normalized spacial score (nSPS) is 11.1. The number of hydrogen-bond donors (Lipinski definition) is 3. The number of hydrogen-bond acceptors (Lipinski definition) is 8. The minimum Gasteiger partial charge on any atom is -0.492 e. The lowest BCUT2D eigenvalue weighted by Gasteiger charge is -2.23. The Morgan fingerprint density at radius 1 is 1.03 bits per heavy atom. The third-order valence-electron chi connectivity index (χ3n) is 5.16. The van der Waals surface area contributed by atoms with Crippen molar-refractivity contribution in [3.05, 3.63) is 71.1 Å². The summed E-state index contributed by atoms with van der Waals surface area (Å²) in [5, 5.41) is 5.83. The average molecular weight is 528 g/mol. The van der Waals surface area contributed by atoms with Gasteiger partial charge in [0.2, 0.25) is 0 Å². The molecule has 0 atom stereocenters. The Kier molecular flexibility index (Phi) is 9.78. The number of halogens is 1. The Labute approximate surface area is 220 Å². The molecule has 10 nitrogen and oxygen atoms in total. The van der Waals surface area contributed by atoms with Crippen LogP contribution in [0.5, 0.6) is 11.5 Å². The highest BCUT2D eigenvalue weighted by molar-refractivity contribution is 6.30. The Hall–Kier alpha value is -3.73. The van der Waals surface area contributed by atoms with Crippen molar-refractivity contribution in [2.45, 2.75) is 13.8 Å². The number of carbonyl (C=O) groups excluding carboxylic acids is 2. The maximum absolute atomic E-state index is 13.3. The maximum atomic E-state index is 13.3. The zero-order chi connectivity index (χ0) is 26.8. The third kappa shape index (κ3) is 8.14. The molecule has 4 N–H and O–H groups in total. The maximum Gasteiger partial charge on any atom is 0.277 e. The van der Waals surface area contributed by atoms with Crippen molar-refractivity contribution < 1.29 is 23.8 Å². The van der Waals surface area contributed by atoms with Crippen molar-refractivity contribution in [3.8, 4) is 11.5 Å². The summed E-state index contributed by atoms with van der Waals surface area (Å²) in [6, 6.07) is 11.2. The number of rotatable bonds is 12. The van der Waals surface area contributed by atoms with E-state index in [-0.39, 0.29) is 29.0 Å². The SMILES string of the molecule is COCCOc1ccc(C(=O)Nc2cccnc2C(=O)Nc2ccc(Cl)cn2)c(OCC(C)(C)CN)c1. The zero-order valence-electron chi connectivity index (χ0n) is 20.9. The number of nitrogens with two attached hydrogens (primary N) is 1. The molecule has 37 heavy (non-hydrogen) atoms. The predicted octanol–water partition coefficient (Wildman–Crippen LogP) is 4.02. The molecular formula is C26H30ClN5O5. The summed E-state index contributed by atoms with van der Waals surface area (Å²) >= 11 is 5.85. The summed E-state index contributed by atoms with van der Waals surface area (Å²) in [4.78, 5) is 34.4. The van der Waals surface area contributed by atoms with Gasteiger partial charge in [0.15, 0.2) is 5.69 Å². The van der Waals surface area contributed by atoms with Crippen LogP contribution in [0.4, 0.5) is 11.5 Å². The third-order valence-corrected chi connectivity index (χ3v) is 5.39. The molecule has 0 aliphatic heterocycles. The van der Waals surface area contributed by atoms with Crippen LogP contribution >= 0.6 is 11.6 Å². The molecule has 0 aliphatic rings. The first-order chi connectivity index (χ1) is 17.7. The second-order valence-corrected chi connectivity index (χ2v) is 9.26. The van der Waals surface area contributed by atoms with Gasteiger partial charge in [0.25, 0.3) is 11.8 Å². The lowest BCUT2D eigenvalue weighted by molar-refractivity contribution is 0.101. The fraction of sp³-hybridized carbons (Fsp3) is 0.308. The van der Waals surface area contributed by atoms with Crippen LogP contribution in [0.1, 0.15) is 34.7 Å². The Morgan fingerprint density at radius 3 is 2.54 bits per heavy atom. The van der Waals surface area contributed by atoms with E-state index in [0.717, 1.165) is 0 Å². The highest BCUT2D eigenvalue weighted by atomic mass is 35.5. The molecule has 0 aliphatic carbocycles. The first kappa shape index (κ1) is 27.9. The lowest BCUT2D eigenvalue weighted by Crippen LogP contribution is -2.30. The van der Waals surface area contributed by atoms with E-state index in [9.17, 15) is 9.59 Å². The van der Waals surface area contributed by atoms with Crippen molar-refractivity contribution in [1.29, 1.82) is 0 Å². The molecule has 0 radical (unpaired) electrons. The smallest absolute Gasteiger partial charge is 0.277 e. The van der Waals surface area contributed by atoms with Crippen LogP contribution in [-0.2, 0) is 4.74 Å². The number of aromatic nitrogens is 2. The highest BCUT2D eigenvalue weighted by Crippen LogP contribution is 2.28. The van der Waals surface area contributed by atoms with Gasteiger partial charge in [0, 0.05) is 37.5 Å². The van der Waals surface area contributed by atoms with E-state index in [0.29, 0.717) is 42.1 Å². The summed E-state index contributed by atoms with van der Waals surface area (Å²) in [5.74, 6) is 0.0873. The first-order valence-corrected chi connectivity index (χ1v) is 11.9. The van der Waals surface area contributed by atoms with Crippen LogP contribution in [0.2, 0.25) is 5.02 Å². The standard InChI is InChI=1S/C26H30ClN5O5/c1-26(2,15-28)16-37-21-13-18(36-12-11-35-3)7-8-19(21)24(33)31-20-5-4-10-29-23(20)25(34)32-22-9-6-17(27)14-30-22/h4-10,13-14H,11-12,15-16,28H2,1-3H3,(H,31,33)(H,30,32,34). The zero-order valence-corrected chi connectivity index (χ0v) is 21.7. The fourth-order valence-corrected chi connectivity index (χ4v) is 3.09. The van der Waals surface area contributed by atoms with E-state index < -0.39 is 11.8 Å². The molecule has 2 aromatic heterocycles. The molecule has 0 unspecified atom stereocenters. The van der Waals surface area contributed by atoms with Gasteiger partial charge in [-0.15, -0.1) is 0 Å². The molecule has 3 rings (SSSR count). The van der Waals surface area contributed by atoms with Crippen LogP contribution in [0.25, 0.3) is 0 Å². The Morgan fingerprint density at radius 2 is 1.84 bits per heavy atom. The number of benzene rings is 1. The summed E-state index contributed by atoms with van der Waals surface area (Å²) < 4.78 is 16.7. The van der Waals surface area contributed by atoms with Crippen LogP contribution in [0.3, 0.4) is 0 Å². The van der Waals surface area contributed by atoms with Gasteiger partial charge in [0.1, 0.15) is 23.9 Å². The molecule has 11 heteroatoms. The molecule has 0 saturated heterocycles. The van der Waals surface area contributed by atoms with Crippen LogP contribution in [0.15, 0.2) is 54.9 Å². The second-order valence-electron chi connectivity index (χ2n) is 8.83. The van der Waals surface area contributed by atoms with E-state index in [1.165, 1.54) is 12.4 Å². The van der Waals surface area contributed by atoms with Gasteiger partial charge in [-0.3, -0.25) is 9.59 Å². The van der Waals surface area contributed by atoms with Crippen LogP contribution in [0, 0.1) is 5.41 Å². The largest absolute Gasteiger partial charge is 0.492 e. The van der Waals surface area contributed by atoms with Crippen molar-refractivity contribution in [2.75, 3.05) is 44.1 Å². The molecule has 2 amide bonds. The fourth-order valence-electron chi connectivity index (χ4n) is 2.98. The second kappa shape index (κ2) is 13.0. The molecular weight excluding hydrogens is 498 g/mol. The van der Waals surface area contributed by atoms with Gasteiger partial charge in [-0.2, -0.15) is 0 Å². The van der Waals surface area contributed by atoms with E-state index in [1.54, 1.807) is 49.6 Å². The number of methoxy groups -OCH3 is 1. The molecule has 0 spiro atoms. The Balaban J connectivity index is 1.83. The van der Waals surface area contributed by atoms with Gasteiger partial charge in [-0.25, -0.2) is 9.97 Å². The molecule has 0 fully saturated rings. The van der Waals surface area contributed by atoms with Gasteiger partial charge in [-0.05, 0) is 36.4 Å². The molecule has 0 saturated carbocycles. The van der Waals surface area contributed by atoms with Gasteiger partial charge >= 0.3 is 0 Å². The number of anilines is 2. The van der Waals surface area contributed by atoms with Gasteiger partial charge in [-0.1, -0.05) is 25.4 Å². The molecule has 2 heterocycles. The minimum atomic E-state index is -0.547. The van der Waals surface area contributed by atoms with Gasteiger partial charge in [0.05, 0.1) is 29.5 Å². The van der Waals surface area contributed by atoms with Crippen molar-refractivity contribution >= 4 is 34.9 Å². The van der Waals surface area contributed by atoms with E-state index in [2.05, 4.69) is 20.6 Å². The van der Waals surface area contributed by atoms with E-state index >= 15 is 0 Å². The van der Waals surface area contributed by atoms with E-state index in [4.69, 9.17) is 31.5 Å². The highest BCUT2D eigenvalue weighted by Gasteiger charge is 2.22. The quantitative estimate of drug-likeness (QED) is 0.300. The molecule has 0 bridgehead atoms. The first-order valence-electron chi connectivity index (χ1n) is 11.5. The molecule has 3 aromatic rings. The van der Waals surface area contributed by atoms with E-state index in [1.807, 2.05) is 13.8 Å². The monoisotopic (exact) mass is 527 g/mol.